The average molecular weight is 441 g/mol. The summed E-state index contributed by atoms with van der Waals surface area (Å²) >= 11 is 0. The van der Waals surface area contributed by atoms with Gasteiger partial charge in [-0.2, -0.15) is 0 Å². The molecule has 1 unspecified atom stereocenters. The molecule has 9 heteroatoms. The molecule has 3 aromatic rings. The molecule has 2 aromatic carbocycles. The van der Waals surface area contributed by atoms with E-state index in [4.69, 9.17) is 4.74 Å². The summed E-state index contributed by atoms with van der Waals surface area (Å²) in [6, 6.07) is 13.6. The molecule has 4 rings (SSSR count). The van der Waals surface area contributed by atoms with E-state index in [1.807, 2.05) is 42.1 Å². The first-order chi connectivity index (χ1) is 14.9. The lowest BCUT2D eigenvalue weighted by Crippen LogP contribution is -2.32. The van der Waals surface area contributed by atoms with Gasteiger partial charge in [0.05, 0.1) is 18.6 Å². The molecule has 1 N–H and O–H groups in total. The van der Waals surface area contributed by atoms with Crippen molar-refractivity contribution in [3.63, 3.8) is 0 Å². The lowest BCUT2D eigenvalue weighted by molar-refractivity contribution is 0.0941. The summed E-state index contributed by atoms with van der Waals surface area (Å²) in [6.07, 6.45) is 4.05. The molecule has 1 amide bonds. The summed E-state index contributed by atoms with van der Waals surface area (Å²) in [5.41, 5.74) is 1.63. The van der Waals surface area contributed by atoms with Gasteiger partial charge in [-0.1, -0.05) is 24.3 Å². The van der Waals surface area contributed by atoms with Crippen LogP contribution in [-0.2, 0) is 17.1 Å². The molecule has 162 valence electrons. The molecule has 0 aliphatic carbocycles. The molecule has 1 aliphatic heterocycles. The third-order valence-corrected chi connectivity index (χ3v) is 7.21. The molecule has 2 heterocycles. The Balaban J connectivity index is 1.68. The second kappa shape index (κ2) is 8.43. The van der Waals surface area contributed by atoms with Gasteiger partial charge >= 0.3 is 0 Å². The first kappa shape index (κ1) is 20.9. The first-order valence-electron chi connectivity index (χ1n) is 9.92. The molecule has 0 radical (unpaired) electrons. The van der Waals surface area contributed by atoms with Gasteiger partial charge in [0.25, 0.3) is 5.91 Å². The number of nitrogens with one attached hydrogen (secondary N) is 1. The average Bonchev–Trinajstić information content (AvgIpc) is 3.36. The highest BCUT2D eigenvalue weighted by Crippen LogP contribution is 2.30. The van der Waals surface area contributed by atoms with E-state index in [1.54, 1.807) is 37.6 Å². The smallest absolute Gasteiger partial charge is 0.252 e. The number of hydrogen-bond acceptors (Lipinski definition) is 5. The molecular weight excluding hydrogens is 416 g/mol. The van der Waals surface area contributed by atoms with E-state index >= 15 is 0 Å². The predicted octanol–water partition coefficient (Wildman–Crippen LogP) is 2.49. The Morgan fingerprint density at radius 3 is 2.68 bits per heavy atom. The van der Waals surface area contributed by atoms with Gasteiger partial charge in [0.1, 0.15) is 17.6 Å². The molecule has 1 aliphatic rings. The van der Waals surface area contributed by atoms with Gasteiger partial charge in [-0.05, 0) is 30.7 Å². The second-order valence-electron chi connectivity index (χ2n) is 7.34. The van der Waals surface area contributed by atoms with Crippen molar-refractivity contribution in [3.05, 3.63) is 77.9 Å². The lowest BCUT2D eigenvalue weighted by atomic mass is 10.0. The number of rotatable bonds is 6. The van der Waals surface area contributed by atoms with Gasteiger partial charge in [0.15, 0.2) is 0 Å². The third-order valence-electron chi connectivity index (χ3n) is 5.34. The molecule has 0 saturated carbocycles. The van der Waals surface area contributed by atoms with Crippen LogP contribution in [-0.4, -0.2) is 43.3 Å². The van der Waals surface area contributed by atoms with E-state index in [9.17, 15) is 13.2 Å². The van der Waals surface area contributed by atoms with E-state index in [1.165, 1.54) is 4.31 Å². The van der Waals surface area contributed by atoms with Crippen molar-refractivity contribution in [1.29, 1.82) is 0 Å². The van der Waals surface area contributed by atoms with Crippen LogP contribution in [0.2, 0.25) is 0 Å². The molecule has 1 atom stereocenters. The van der Waals surface area contributed by atoms with Gasteiger partial charge in [-0.15, -0.1) is 0 Å². The maximum atomic E-state index is 13.2. The number of para-hydroxylation sites is 1. The fraction of sp³-hybridized carbons (Fsp3) is 0.273. The summed E-state index contributed by atoms with van der Waals surface area (Å²) in [4.78, 5) is 17.6. The molecule has 1 saturated heterocycles. The van der Waals surface area contributed by atoms with Gasteiger partial charge in [-0.3, -0.25) is 9.10 Å². The van der Waals surface area contributed by atoms with Gasteiger partial charge in [0, 0.05) is 37.1 Å². The SMILES string of the molecule is COc1ccccc1C(NC(=O)c1cccc(N2CCCS2(=O)=O)c1)c1nccn1C. The first-order valence-corrected chi connectivity index (χ1v) is 11.5. The number of carbonyl (C=O) groups is 1. The van der Waals surface area contributed by atoms with Gasteiger partial charge < -0.3 is 14.6 Å². The molecule has 8 nitrogen and oxygen atoms in total. The zero-order valence-corrected chi connectivity index (χ0v) is 18.2. The number of nitrogens with zero attached hydrogens (tertiary/aromatic N) is 3. The number of ether oxygens (including phenoxy) is 1. The van der Waals surface area contributed by atoms with Crippen molar-refractivity contribution < 1.29 is 17.9 Å². The van der Waals surface area contributed by atoms with Crippen LogP contribution in [0, 0.1) is 0 Å². The number of sulfonamides is 1. The Bertz CT molecular complexity index is 1210. The number of imidazole rings is 1. The maximum Gasteiger partial charge on any atom is 0.252 e. The normalized spacial score (nSPS) is 16.1. The summed E-state index contributed by atoms with van der Waals surface area (Å²) in [6.45, 7) is 0.421. The highest BCUT2D eigenvalue weighted by Gasteiger charge is 2.29. The minimum Gasteiger partial charge on any atom is -0.496 e. The van der Waals surface area contributed by atoms with Crippen molar-refractivity contribution in [2.75, 3.05) is 23.7 Å². The van der Waals surface area contributed by atoms with Gasteiger partial charge in [0.2, 0.25) is 10.0 Å². The second-order valence-corrected chi connectivity index (χ2v) is 9.35. The van der Waals surface area contributed by atoms with Gasteiger partial charge in [-0.25, -0.2) is 13.4 Å². The zero-order valence-electron chi connectivity index (χ0n) is 17.4. The van der Waals surface area contributed by atoms with E-state index in [-0.39, 0.29) is 11.7 Å². The number of aryl methyl sites for hydroxylation is 1. The van der Waals surface area contributed by atoms with Crippen LogP contribution in [0.25, 0.3) is 0 Å². The molecular formula is C22H24N4O4S. The van der Waals surface area contributed by atoms with E-state index < -0.39 is 16.1 Å². The fourth-order valence-electron chi connectivity index (χ4n) is 3.79. The number of anilines is 1. The molecule has 31 heavy (non-hydrogen) atoms. The van der Waals surface area contributed by atoms with Crippen molar-refractivity contribution >= 4 is 21.6 Å². The van der Waals surface area contributed by atoms with Crippen LogP contribution < -0.4 is 14.4 Å². The van der Waals surface area contributed by atoms with E-state index in [2.05, 4.69) is 10.3 Å². The highest BCUT2D eigenvalue weighted by atomic mass is 32.2. The molecule has 0 spiro atoms. The fourth-order valence-corrected chi connectivity index (χ4v) is 5.34. The minimum absolute atomic E-state index is 0.123. The van der Waals surface area contributed by atoms with Crippen molar-refractivity contribution in [2.24, 2.45) is 7.05 Å². The molecule has 1 aromatic heterocycles. The quantitative estimate of drug-likeness (QED) is 0.636. The summed E-state index contributed by atoms with van der Waals surface area (Å²) in [5, 5.41) is 3.04. The molecule has 1 fully saturated rings. The monoisotopic (exact) mass is 440 g/mol. The highest BCUT2D eigenvalue weighted by molar-refractivity contribution is 7.93. The van der Waals surface area contributed by atoms with Crippen LogP contribution in [0.3, 0.4) is 0 Å². The summed E-state index contributed by atoms with van der Waals surface area (Å²) < 4.78 is 33.2. The minimum atomic E-state index is -3.33. The van der Waals surface area contributed by atoms with Crippen molar-refractivity contribution in [3.8, 4) is 5.75 Å². The van der Waals surface area contributed by atoms with Crippen LogP contribution in [0.1, 0.15) is 34.2 Å². The number of carbonyl (C=O) groups excluding carboxylic acids is 1. The predicted molar refractivity (Wildman–Crippen MR) is 118 cm³/mol. The Morgan fingerprint density at radius 2 is 2.00 bits per heavy atom. The number of amides is 1. The van der Waals surface area contributed by atoms with Crippen LogP contribution >= 0.6 is 0 Å². The zero-order chi connectivity index (χ0) is 22.0. The van der Waals surface area contributed by atoms with Crippen LogP contribution in [0.5, 0.6) is 5.75 Å². The number of benzene rings is 2. The Kier molecular flexibility index (Phi) is 5.69. The number of aromatic nitrogens is 2. The summed E-state index contributed by atoms with van der Waals surface area (Å²) in [5.74, 6) is 1.07. The largest absolute Gasteiger partial charge is 0.496 e. The van der Waals surface area contributed by atoms with E-state index in [0.29, 0.717) is 35.8 Å². The Labute approximate surface area is 181 Å². The van der Waals surface area contributed by atoms with Crippen molar-refractivity contribution in [1.82, 2.24) is 14.9 Å². The maximum absolute atomic E-state index is 13.2. The standard InChI is InChI=1S/C22H24N4O4S/c1-25-13-11-23-21(25)20(18-9-3-4-10-19(18)30-2)24-22(27)16-7-5-8-17(15-16)26-12-6-14-31(26,28)29/h3-5,7-11,13,15,20H,6,12,14H2,1-2H3,(H,24,27). The number of methoxy groups -OCH3 is 1. The topological polar surface area (TPSA) is 93.5 Å². The lowest BCUT2D eigenvalue weighted by Gasteiger charge is -2.22. The molecule has 0 bridgehead atoms. The summed E-state index contributed by atoms with van der Waals surface area (Å²) in [7, 11) is 0.109. The number of hydrogen-bond donors (Lipinski definition) is 1. The van der Waals surface area contributed by atoms with Crippen LogP contribution in [0.4, 0.5) is 5.69 Å². The van der Waals surface area contributed by atoms with Crippen molar-refractivity contribution in [2.45, 2.75) is 12.5 Å². The third kappa shape index (κ3) is 4.13. The Morgan fingerprint density at radius 1 is 1.19 bits per heavy atom. The Hall–Kier alpha value is -3.33. The van der Waals surface area contributed by atoms with E-state index in [0.717, 1.165) is 5.56 Å². The van der Waals surface area contributed by atoms with Crippen LogP contribution in [0.15, 0.2) is 60.9 Å².